The molecule has 0 bridgehead atoms. The van der Waals surface area contributed by atoms with Crippen molar-refractivity contribution in [3.05, 3.63) is 20.8 Å². The number of aliphatic carboxylic acids is 1. The van der Waals surface area contributed by atoms with E-state index in [0.29, 0.717) is 5.92 Å². The van der Waals surface area contributed by atoms with Crippen LogP contribution in [-0.4, -0.2) is 11.1 Å². The molecule has 1 saturated carbocycles. The molecule has 82 valence electrons. The molecule has 0 saturated heterocycles. The Kier molecular flexibility index (Phi) is 3.46. The van der Waals surface area contributed by atoms with E-state index in [1.54, 1.807) is 11.3 Å². The predicted molar refractivity (Wildman–Crippen MR) is 64.2 cm³/mol. The molecule has 0 aliphatic heterocycles. The smallest absolute Gasteiger partial charge is 0.306 e. The summed E-state index contributed by atoms with van der Waals surface area (Å²) in [6.45, 7) is 0. The normalized spacial score (nSPS) is 25.7. The third kappa shape index (κ3) is 2.42. The zero-order chi connectivity index (χ0) is 10.8. The fraction of sp³-hybridized carbons (Fsp3) is 0.545. The van der Waals surface area contributed by atoms with Crippen LogP contribution < -0.4 is 0 Å². The monoisotopic (exact) mass is 288 g/mol. The molecule has 2 nitrogen and oxygen atoms in total. The first kappa shape index (κ1) is 11.1. The minimum atomic E-state index is -0.620. The van der Waals surface area contributed by atoms with Gasteiger partial charge < -0.3 is 5.11 Å². The highest BCUT2D eigenvalue weighted by atomic mass is 79.9. The van der Waals surface area contributed by atoms with Crippen LogP contribution in [0.4, 0.5) is 0 Å². The number of carbonyl (C=O) groups is 1. The summed E-state index contributed by atoms with van der Waals surface area (Å²) >= 11 is 5.20. The van der Waals surface area contributed by atoms with Crippen LogP contribution in [0.5, 0.6) is 0 Å². The van der Waals surface area contributed by atoms with E-state index in [-0.39, 0.29) is 5.92 Å². The van der Waals surface area contributed by atoms with Crippen molar-refractivity contribution < 1.29 is 9.90 Å². The number of hydrogen-bond donors (Lipinski definition) is 1. The molecule has 1 aliphatic carbocycles. The number of carboxylic acid groups (broad SMARTS) is 1. The van der Waals surface area contributed by atoms with E-state index in [1.807, 2.05) is 11.4 Å². The first-order chi connectivity index (χ1) is 7.18. The van der Waals surface area contributed by atoms with Crippen LogP contribution in [0, 0.1) is 11.8 Å². The quantitative estimate of drug-likeness (QED) is 0.924. The standard InChI is InChI=1S/C11H13BrO2S/c12-9-4-5-15-10(9)6-7-2-1-3-8(7)11(13)14/h4-5,7-8H,1-3,6H2,(H,13,14). The summed E-state index contributed by atoms with van der Waals surface area (Å²) in [5.74, 6) is -0.415. The van der Waals surface area contributed by atoms with Crippen LogP contribution in [0.1, 0.15) is 24.1 Å². The molecule has 1 aliphatic rings. The second-order valence-corrected chi connectivity index (χ2v) is 5.89. The Morgan fingerprint density at radius 1 is 1.60 bits per heavy atom. The van der Waals surface area contributed by atoms with Gasteiger partial charge in [-0.3, -0.25) is 4.79 Å². The first-order valence-electron chi connectivity index (χ1n) is 5.13. The van der Waals surface area contributed by atoms with E-state index in [1.165, 1.54) is 4.88 Å². The number of halogens is 1. The minimum absolute atomic E-state index is 0.126. The number of carboxylic acids is 1. The Morgan fingerprint density at radius 2 is 2.40 bits per heavy atom. The molecule has 1 heterocycles. The van der Waals surface area contributed by atoms with Crippen LogP contribution in [0.3, 0.4) is 0 Å². The van der Waals surface area contributed by atoms with Gasteiger partial charge in [-0.15, -0.1) is 11.3 Å². The molecule has 1 N–H and O–H groups in total. The highest BCUT2D eigenvalue weighted by Crippen LogP contribution is 2.37. The third-order valence-electron chi connectivity index (χ3n) is 3.11. The van der Waals surface area contributed by atoms with Crippen molar-refractivity contribution in [1.82, 2.24) is 0 Å². The van der Waals surface area contributed by atoms with Crippen molar-refractivity contribution in [2.45, 2.75) is 25.7 Å². The average molecular weight is 289 g/mol. The molecule has 0 amide bonds. The topological polar surface area (TPSA) is 37.3 Å². The van der Waals surface area contributed by atoms with E-state index in [9.17, 15) is 4.79 Å². The first-order valence-corrected chi connectivity index (χ1v) is 6.80. The van der Waals surface area contributed by atoms with Crippen LogP contribution in [0.2, 0.25) is 0 Å². The molecule has 15 heavy (non-hydrogen) atoms. The van der Waals surface area contributed by atoms with E-state index < -0.39 is 5.97 Å². The van der Waals surface area contributed by atoms with Gasteiger partial charge in [0.25, 0.3) is 0 Å². The summed E-state index contributed by atoms with van der Waals surface area (Å²) in [6, 6.07) is 2.03. The summed E-state index contributed by atoms with van der Waals surface area (Å²) in [5, 5.41) is 11.1. The molecule has 0 spiro atoms. The van der Waals surface area contributed by atoms with E-state index in [4.69, 9.17) is 5.11 Å². The average Bonchev–Trinajstić information content (AvgIpc) is 2.77. The summed E-state index contributed by atoms with van der Waals surface area (Å²) in [5.41, 5.74) is 0. The Morgan fingerprint density at radius 3 is 3.00 bits per heavy atom. The van der Waals surface area contributed by atoms with Crippen LogP contribution >= 0.6 is 27.3 Å². The number of thiophene rings is 1. The molecule has 0 radical (unpaired) electrons. The van der Waals surface area contributed by atoms with Gasteiger partial charge in [-0.05, 0) is 52.6 Å². The lowest BCUT2D eigenvalue weighted by molar-refractivity contribution is -0.142. The fourth-order valence-corrected chi connectivity index (χ4v) is 3.92. The number of hydrogen-bond acceptors (Lipinski definition) is 2. The predicted octanol–water partition coefficient (Wildman–Crippen LogP) is 3.55. The molecule has 1 aromatic heterocycles. The molecule has 1 fully saturated rings. The zero-order valence-corrected chi connectivity index (χ0v) is 10.7. The van der Waals surface area contributed by atoms with E-state index >= 15 is 0 Å². The van der Waals surface area contributed by atoms with Gasteiger partial charge in [-0.2, -0.15) is 0 Å². The molecule has 2 unspecified atom stereocenters. The Balaban J connectivity index is 2.06. The van der Waals surface area contributed by atoms with Crippen LogP contribution in [0.25, 0.3) is 0 Å². The van der Waals surface area contributed by atoms with E-state index in [0.717, 1.165) is 30.2 Å². The molecule has 4 heteroatoms. The summed E-state index contributed by atoms with van der Waals surface area (Å²) in [4.78, 5) is 12.3. The van der Waals surface area contributed by atoms with Gasteiger partial charge in [0.15, 0.2) is 0 Å². The second-order valence-electron chi connectivity index (χ2n) is 4.03. The van der Waals surface area contributed by atoms with Gasteiger partial charge >= 0.3 is 5.97 Å². The van der Waals surface area contributed by atoms with Crippen molar-refractivity contribution in [3.8, 4) is 0 Å². The molecule has 0 aromatic carbocycles. The van der Waals surface area contributed by atoms with Gasteiger partial charge in [0.1, 0.15) is 0 Å². The van der Waals surface area contributed by atoms with Crippen molar-refractivity contribution >= 4 is 33.2 Å². The molecule has 2 atom stereocenters. The third-order valence-corrected chi connectivity index (χ3v) is 5.06. The zero-order valence-electron chi connectivity index (χ0n) is 8.28. The molecule has 2 rings (SSSR count). The number of rotatable bonds is 3. The molecular weight excluding hydrogens is 276 g/mol. The maximum atomic E-state index is 11.0. The maximum absolute atomic E-state index is 11.0. The Labute approximate surface area is 101 Å². The van der Waals surface area contributed by atoms with Crippen molar-refractivity contribution in [3.63, 3.8) is 0 Å². The molecular formula is C11H13BrO2S. The van der Waals surface area contributed by atoms with Gasteiger partial charge in [-0.25, -0.2) is 0 Å². The minimum Gasteiger partial charge on any atom is -0.481 e. The Hall–Kier alpha value is -0.350. The van der Waals surface area contributed by atoms with Gasteiger partial charge in [0.2, 0.25) is 0 Å². The summed E-state index contributed by atoms with van der Waals surface area (Å²) in [7, 11) is 0. The van der Waals surface area contributed by atoms with Gasteiger partial charge in [-0.1, -0.05) is 6.42 Å². The van der Waals surface area contributed by atoms with Crippen molar-refractivity contribution in [2.75, 3.05) is 0 Å². The fourth-order valence-electron chi connectivity index (χ4n) is 2.32. The Bertz CT molecular complexity index is 361. The SMILES string of the molecule is O=C(O)C1CCCC1Cc1sccc1Br. The van der Waals surface area contributed by atoms with Crippen LogP contribution in [-0.2, 0) is 11.2 Å². The highest BCUT2D eigenvalue weighted by molar-refractivity contribution is 9.10. The lowest BCUT2D eigenvalue weighted by Gasteiger charge is -2.14. The van der Waals surface area contributed by atoms with Gasteiger partial charge in [0.05, 0.1) is 5.92 Å². The highest BCUT2D eigenvalue weighted by Gasteiger charge is 2.33. The van der Waals surface area contributed by atoms with Crippen LogP contribution in [0.15, 0.2) is 15.9 Å². The van der Waals surface area contributed by atoms with Crippen molar-refractivity contribution in [1.29, 1.82) is 0 Å². The second kappa shape index (κ2) is 4.66. The molecule has 1 aromatic rings. The summed E-state index contributed by atoms with van der Waals surface area (Å²) < 4.78 is 1.13. The van der Waals surface area contributed by atoms with Crippen molar-refractivity contribution in [2.24, 2.45) is 11.8 Å². The van der Waals surface area contributed by atoms with E-state index in [2.05, 4.69) is 15.9 Å². The summed E-state index contributed by atoms with van der Waals surface area (Å²) in [6.07, 6.45) is 3.88. The maximum Gasteiger partial charge on any atom is 0.306 e. The largest absolute Gasteiger partial charge is 0.481 e. The van der Waals surface area contributed by atoms with Gasteiger partial charge in [0, 0.05) is 9.35 Å². The lowest BCUT2D eigenvalue weighted by atomic mass is 9.92. The lowest BCUT2D eigenvalue weighted by Crippen LogP contribution is -2.19.